The van der Waals surface area contributed by atoms with E-state index >= 15 is 0 Å². The van der Waals surface area contributed by atoms with Crippen LogP contribution in [0.1, 0.15) is 28.7 Å². The predicted molar refractivity (Wildman–Crippen MR) is 85.2 cm³/mol. The Morgan fingerprint density at radius 3 is 2.68 bits per heavy atom. The number of aliphatic hydroxyl groups is 1. The second-order valence-corrected chi connectivity index (χ2v) is 5.81. The summed E-state index contributed by atoms with van der Waals surface area (Å²) in [6, 6.07) is 1.91. The molecular formula is C16H27N3O3. The van der Waals surface area contributed by atoms with Gasteiger partial charge in [0.15, 0.2) is 0 Å². The summed E-state index contributed by atoms with van der Waals surface area (Å²) in [5.41, 5.74) is 2.75. The number of aromatic nitrogens is 1. The molecule has 1 aliphatic heterocycles. The molecule has 6 nitrogen and oxygen atoms in total. The molecule has 1 unspecified atom stereocenters. The molecule has 1 fully saturated rings. The Morgan fingerprint density at radius 2 is 2.09 bits per heavy atom. The predicted octanol–water partition coefficient (Wildman–Crippen LogP) is 0.548. The fourth-order valence-electron chi connectivity index (χ4n) is 2.97. The van der Waals surface area contributed by atoms with E-state index in [4.69, 9.17) is 4.74 Å². The molecule has 22 heavy (non-hydrogen) atoms. The van der Waals surface area contributed by atoms with Gasteiger partial charge in [-0.2, -0.15) is 0 Å². The summed E-state index contributed by atoms with van der Waals surface area (Å²) in [7, 11) is 0. The van der Waals surface area contributed by atoms with Gasteiger partial charge in [-0.05, 0) is 26.8 Å². The first kappa shape index (κ1) is 17.0. The van der Waals surface area contributed by atoms with Gasteiger partial charge in [-0.1, -0.05) is 0 Å². The van der Waals surface area contributed by atoms with E-state index < -0.39 is 6.10 Å². The first-order valence-electron chi connectivity index (χ1n) is 7.96. The monoisotopic (exact) mass is 309 g/mol. The fraction of sp³-hybridized carbons (Fsp3) is 0.688. The summed E-state index contributed by atoms with van der Waals surface area (Å²) >= 11 is 0. The fourth-order valence-corrected chi connectivity index (χ4v) is 2.97. The smallest absolute Gasteiger partial charge is 0.253 e. The Bertz CT molecular complexity index is 507. The van der Waals surface area contributed by atoms with E-state index in [0.29, 0.717) is 25.3 Å². The molecule has 1 amide bonds. The molecule has 1 aliphatic rings. The maximum atomic E-state index is 12.3. The molecule has 0 spiro atoms. The van der Waals surface area contributed by atoms with E-state index in [1.54, 1.807) is 0 Å². The number of amides is 1. The normalized spacial score (nSPS) is 17.5. The lowest BCUT2D eigenvalue weighted by molar-refractivity contribution is 0.0149. The summed E-state index contributed by atoms with van der Waals surface area (Å²) in [6.07, 6.45) is -0.559. The van der Waals surface area contributed by atoms with Crippen LogP contribution in [0.5, 0.6) is 0 Å². The van der Waals surface area contributed by atoms with Crippen LogP contribution in [0.2, 0.25) is 0 Å². The molecule has 1 aromatic heterocycles. The SMILES string of the molecule is CCn1c(C)cc(C(=O)NCC(O)CN2CCOCC2)c1C. The number of hydrogen-bond donors (Lipinski definition) is 2. The summed E-state index contributed by atoms with van der Waals surface area (Å²) < 4.78 is 7.39. The summed E-state index contributed by atoms with van der Waals surface area (Å²) in [5, 5.41) is 12.9. The number of carbonyl (C=O) groups is 1. The number of carbonyl (C=O) groups excluding carboxylic acids is 1. The Morgan fingerprint density at radius 1 is 1.41 bits per heavy atom. The first-order chi connectivity index (χ1) is 10.5. The van der Waals surface area contributed by atoms with E-state index in [1.807, 2.05) is 19.9 Å². The Balaban J connectivity index is 1.84. The number of morpholine rings is 1. The van der Waals surface area contributed by atoms with Crippen LogP contribution in [-0.2, 0) is 11.3 Å². The van der Waals surface area contributed by atoms with Crippen LogP contribution in [-0.4, -0.2) is 66.0 Å². The lowest BCUT2D eigenvalue weighted by Gasteiger charge is -2.28. The minimum absolute atomic E-state index is 0.117. The Labute approximate surface area is 132 Å². The third kappa shape index (κ3) is 4.09. The highest BCUT2D eigenvalue weighted by molar-refractivity contribution is 5.95. The van der Waals surface area contributed by atoms with Crippen molar-refractivity contribution in [3.05, 3.63) is 23.0 Å². The van der Waals surface area contributed by atoms with E-state index in [9.17, 15) is 9.90 Å². The Kier molecular flexibility index (Phi) is 5.99. The molecule has 0 bridgehead atoms. The largest absolute Gasteiger partial charge is 0.390 e. The van der Waals surface area contributed by atoms with Crippen LogP contribution in [0.4, 0.5) is 0 Å². The average Bonchev–Trinajstić information content (AvgIpc) is 2.80. The number of aryl methyl sites for hydroxylation is 1. The quantitative estimate of drug-likeness (QED) is 0.805. The van der Waals surface area contributed by atoms with Crippen LogP contribution in [0.3, 0.4) is 0 Å². The molecule has 2 rings (SSSR count). The maximum absolute atomic E-state index is 12.3. The minimum Gasteiger partial charge on any atom is -0.390 e. The van der Waals surface area contributed by atoms with Crippen molar-refractivity contribution >= 4 is 5.91 Å². The molecule has 1 atom stereocenters. The molecule has 2 N–H and O–H groups in total. The van der Waals surface area contributed by atoms with Gasteiger partial charge in [-0.25, -0.2) is 0 Å². The standard InChI is InChI=1S/C16H27N3O3/c1-4-19-12(2)9-15(13(19)3)16(21)17-10-14(20)11-18-5-7-22-8-6-18/h9,14,20H,4-8,10-11H2,1-3H3,(H,17,21). The zero-order valence-corrected chi connectivity index (χ0v) is 13.8. The number of nitrogens with one attached hydrogen (secondary N) is 1. The van der Waals surface area contributed by atoms with Crippen molar-refractivity contribution in [3.8, 4) is 0 Å². The molecule has 0 aromatic carbocycles. The number of hydrogen-bond acceptors (Lipinski definition) is 4. The molecule has 124 valence electrons. The second kappa shape index (κ2) is 7.76. The zero-order chi connectivity index (χ0) is 16.1. The average molecular weight is 309 g/mol. The number of β-amino-alcohol motifs (C(OH)–C–C–N with tert-alkyl or cyclic N) is 1. The lowest BCUT2D eigenvalue weighted by atomic mass is 10.2. The minimum atomic E-state index is -0.559. The topological polar surface area (TPSA) is 66.7 Å². The van der Waals surface area contributed by atoms with E-state index in [2.05, 4.69) is 21.7 Å². The molecule has 0 saturated carbocycles. The van der Waals surface area contributed by atoms with Crippen LogP contribution < -0.4 is 5.32 Å². The van der Waals surface area contributed by atoms with Gasteiger partial charge in [0.1, 0.15) is 0 Å². The molecule has 2 heterocycles. The third-order valence-corrected chi connectivity index (χ3v) is 4.21. The number of ether oxygens (including phenoxy) is 1. The molecule has 0 aliphatic carbocycles. The van der Waals surface area contributed by atoms with Gasteiger partial charge in [0, 0.05) is 44.1 Å². The number of nitrogens with zero attached hydrogens (tertiary/aromatic N) is 2. The summed E-state index contributed by atoms with van der Waals surface area (Å²) in [6.45, 7) is 10.8. The van der Waals surface area contributed by atoms with Crippen molar-refractivity contribution in [1.29, 1.82) is 0 Å². The van der Waals surface area contributed by atoms with Crippen molar-refractivity contribution in [3.63, 3.8) is 0 Å². The van der Waals surface area contributed by atoms with Crippen molar-refractivity contribution < 1.29 is 14.6 Å². The number of rotatable bonds is 6. The van der Waals surface area contributed by atoms with Gasteiger partial charge in [0.25, 0.3) is 5.91 Å². The molecule has 1 saturated heterocycles. The van der Waals surface area contributed by atoms with E-state index in [1.165, 1.54) is 0 Å². The molecule has 0 radical (unpaired) electrons. The highest BCUT2D eigenvalue weighted by atomic mass is 16.5. The molecule has 1 aromatic rings. The van der Waals surface area contributed by atoms with Crippen molar-refractivity contribution in [2.75, 3.05) is 39.4 Å². The van der Waals surface area contributed by atoms with Crippen LogP contribution in [0.25, 0.3) is 0 Å². The second-order valence-electron chi connectivity index (χ2n) is 5.81. The maximum Gasteiger partial charge on any atom is 0.253 e. The van der Waals surface area contributed by atoms with Gasteiger partial charge in [-0.3, -0.25) is 9.69 Å². The van der Waals surface area contributed by atoms with Gasteiger partial charge >= 0.3 is 0 Å². The third-order valence-electron chi connectivity index (χ3n) is 4.21. The Hall–Kier alpha value is -1.37. The summed E-state index contributed by atoms with van der Waals surface area (Å²) in [5.74, 6) is -0.117. The molecular weight excluding hydrogens is 282 g/mol. The van der Waals surface area contributed by atoms with Gasteiger partial charge in [0.2, 0.25) is 0 Å². The molecule has 6 heteroatoms. The van der Waals surface area contributed by atoms with Crippen LogP contribution in [0.15, 0.2) is 6.07 Å². The van der Waals surface area contributed by atoms with Gasteiger partial charge < -0.3 is 19.7 Å². The van der Waals surface area contributed by atoms with Crippen molar-refractivity contribution in [2.45, 2.75) is 33.4 Å². The van der Waals surface area contributed by atoms with Crippen molar-refractivity contribution in [1.82, 2.24) is 14.8 Å². The highest BCUT2D eigenvalue weighted by Gasteiger charge is 2.18. The first-order valence-corrected chi connectivity index (χ1v) is 7.96. The number of aliphatic hydroxyl groups excluding tert-OH is 1. The summed E-state index contributed by atoms with van der Waals surface area (Å²) in [4.78, 5) is 14.4. The zero-order valence-electron chi connectivity index (χ0n) is 13.8. The van der Waals surface area contributed by atoms with E-state index in [0.717, 1.165) is 31.0 Å². The van der Waals surface area contributed by atoms with Crippen LogP contribution in [0, 0.1) is 13.8 Å². The van der Waals surface area contributed by atoms with Gasteiger partial charge in [-0.15, -0.1) is 0 Å². The highest BCUT2D eigenvalue weighted by Crippen LogP contribution is 2.14. The van der Waals surface area contributed by atoms with Crippen molar-refractivity contribution in [2.24, 2.45) is 0 Å². The van der Waals surface area contributed by atoms with Crippen LogP contribution >= 0.6 is 0 Å². The lowest BCUT2D eigenvalue weighted by Crippen LogP contribution is -2.44. The van der Waals surface area contributed by atoms with Gasteiger partial charge in [0.05, 0.1) is 24.9 Å². The van der Waals surface area contributed by atoms with E-state index in [-0.39, 0.29) is 12.5 Å².